The summed E-state index contributed by atoms with van der Waals surface area (Å²) in [7, 11) is -3.97. The molecule has 0 fully saturated rings. The summed E-state index contributed by atoms with van der Waals surface area (Å²) >= 11 is 0. The molecule has 5 heteroatoms. The molecule has 62 valence electrons. The van der Waals surface area contributed by atoms with E-state index in [1.54, 1.807) is 0 Å². The van der Waals surface area contributed by atoms with Crippen LogP contribution in [0.25, 0.3) is 0 Å². The van der Waals surface area contributed by atoms with Crippen LogP contribution in [0.5, 0.6) is 0 Å². The van der Waals surface area contributed by atoms with Crippen LogP contribution in [0.15, 0.2) is 0 Å². The van der Waals surface area contributed by atoms with Crippen LogP contribution in [0.2, 0.25) is 0 Å². The van der Waals surface area contributed by atoms with Gasteiger partial charge < -0.3 is 4.55 Å². The van der Waals surface area contributed by atoms with E-state index < -0.39 is 10.1 Å². The third-order valence-electron chi connectivity index (χ3n) is 1.18. The number of rotatable bonds is 4. The summed E-state index contributed by atoms with van der Waals surface area (Å²) in [4.78, 5) is 0. The predicted octanol–water partition coefficient (Wildman–Crippen LogP) is -2.03. The SMILES string of the molecule is CC(C)CCCS(=O)(=O)[O-].[Li+]. The molecule has 0 N–H and O–H groups in total. The van der Waals surface area contributed by atoms with Crippen molar-refractivity contribution in [2.24, 2.45) is 5.92 Å². The van der Waals surface area contributed by atoms with Gasteiger partial charge in [-0.15, -0.1) is 0 Å². The van der Waals surface area contributed by atoms with Gasteiger partial charge in [-0.1, -0.05) is 20.3 Å². The molecule has 0 bridgehead atoms. The molecule has 0 aliphatic rings. The molecule has 0 saturated heterocycles. The van der Waals surface area contributed by atoms with Crippen molar-refractivity contribution in [3.63, 3.8) is 0 Å². The molecule has 0 aliphatic carbocycles. The molecule has 0 atom stereocenters. The third-order valence-corrected chi connectivity index (χ3v) is 1.96. The van der Waals surface area contributed by atoms with Crippen molar-refractivity contribution in [2.45, 2.75) is 26.7 Å². The Hall–Kier alpha value is 0.507. The molecule has 0 aliphatic heterocycles. The molecule has 0 unspecified atom stereocenters. The Balaban J connectivity index is 0. The van der Waals surface area contributed by atoms with Crippen LogP contribution in [-0.4, -0.2) is 18.7 Å². The number of hydrogen-bond donors (Lipinski definition) is 0. The largest absolute Gasteiger partial charge is 1.00 e. The second kappa shape index (κ2) is 6.07. The molecule has 0 aromatic heterocycles. The average molecular weight is 172 g/mol. The summed E-state index contributed by atoms with van der Waals surface area (Å²) in [5, 5.41) is 0. The second-order valence-electron chi connectivity index (χ2n) is 2.80. The van der Waals surface area contributed by atoms with Gasteiger partial charge in [-0.3, -0.25) is 0 Å². The van der Waals surface area contributed by atoms with Gasteiger partial charge >= 0.3 is 18.9 Å². The molecule has 0 rings (SSSR count). The first-order valence-corrected chi connectivity index (χ1v) is 4.93. The third kappa shape index (κ3) is 13.5. The first kappa shape index (κ1) is 14.1. The van der Waals surface area contributed by atoms with E-state index in [4.69, 9.17) is 0 Å². The Morgan fingerprint density at radius 1 is 1.36 bits per heavy atom. The van der Waals surface area contributed by atoms with Crippen molar-refractivity contribution in [3.8, 4) is 0 Å². The molecule has 0 saturated carbocycles. The Morgan fingerprint density at radius 3 is 2.09 bits per heavy atom. The van der Waals surface area contributed by atoms with E-state index in [2.05, 4.69) is 0 Å². The molecule has 0 amide bonds. The van der Waals surface area contributed by atoms with E-state index >= 15 is 0 Å². The van der Waals surface area contributed by atoms with Gasteiger partial charge in [0.25, 0.3) is 0 Å². The van der Waals surface area contributed by atoms with E-state index in [-0.39, 0.29) is 24.6 Å². The standard InChI is InChI=1S/C6H14O3S.Li/c1-6(2)4-3-5-10(7,8)9;/h6H,3-5H2,1-2H3,(H,7,8,9);/q;+1/p-1. The minimum atomic E-state index is -3.97. The van der Waals surface area contributed by atoms with Crippen molar-refractivity contribution in [1.82, 2.24) is 0 Å². The van der Waals surface area contributed by atoms with Crippen LogP contribution < -0.4 is 18.9 Å². The van der Waals surface area contributed by atoms with Crippen molar-refractivity contribution in [1.29, 1.82) is 0 Å². The maximum atomic E-state index is 10.1. The van der Waals surface area contributed by atoms with Gasteiger partial charge in [-0.2, -0.15) is 0 Å². The Bertz CT molecular complexity index is 174. The van der Waals surface area contributed by atoms with Crippen LogP contribution >= 0.6 is 0 Å². The van der Waals surface area contributed by atoms with E-state index in [1.165, 1.54) is 0 Å². The normalized spacial score (nSPS) is 11.3. The number of hydrogen-bond acceptors (Lipinski definition) is 3. The molecule has 0 spiro atoms. The maximum absolute atomic E-state index is 10.1. The van der Waals surface area contributed by atoms with Gasteiger partial charge in [0.05, 0.1) is 10.1 Å². The molecular weight excluding hydrogens is 159 g/mol. The van der Waals surface area contributed by atoms with Crippen LogP contribution in [0.4, 0.5) is 0 Å². The fraction of sp³-hybridized carbons (Fsp3) is 1.00. The molecule has 0 aromatic rings. The van der Waals surface area contributed by atoms with E-state index in [9.17, 15) is 13.0 Å². The smallest absolute Gasteiger partial charge is 0.748 e. The first-order valence-electron chi connectivity index (χ1n) is 3.35. The van der Waals surface area contributed by atoms with E-state index in [0.717, 1.165) is 6.42 Å². The molecule has 11 heavy (non-hydrogen) atoms. The maximum Gasteiger partial charge on any atom is 1.00 e. The summed E-state index contributed by atoms with van der Waals surface area (Å²) < 4.78 is 30.2. The van der Waals surface area contributed by atoms with E-state index in [0.29, 0.717) is 12.3 Å². The summed E-state index contributed by atoms with van der Waals surface area (Å²) in [5.41, 5.74) is 0. The zero-order valence-electron chi connectivity index (χ0n) is 7.33. The van der Waals surface area contributed by atoms with Gasteiger partial charge in [0.2, 0.25) is 0 Å². The second-order valence-corrected chi connectivity index (χ2v) is 4.32. The first-order chi connectivity index (χ1) is 4.42. The van der Waals surface area contributed by atoms with E-state index in [1.807, 2.05) is 13.8 Å². The van der Waals surface area contributed by atoms with Crippen molar-refractivity contribution in [2.75, 3.05) is 5.75 Å². The summed E-state index contributed by atoms with van der Waals surface area (Å²) in [5.74, 6) is 0.257. The molecule has 0 aromatic carbocycles. The monoisotopic (exact) mass is 172 g/mol. The van der Waals surface area contributed by atoms with Gasteiger partial charge in [0, 0.05) is 5.75 Å². The quantitative estimate of drug-likeness (QED) is 0.363. The van der Waals surface area contributed by atoms with Crippen molar-refractivity contribution >= 4 is 10.1 Å². The van der Waals surface area contributed by atoms with Crippen LogP contribution in [0.1, 0.15) is 26.7 Å². The van der Waals surface area contributed by atoms with Gasteiger partial charge in [0.15, 0.2) is 0 Å². The average Bonchev–Trinajstić information content (AvgIpc) is 1.59. The zero-order valence-corrected chi connectivity index (χ0v) is 8.15. The Morgan fingerprint density at radius 2 is 1.82 bits per heavy atom. The van der Waals surface area contributed by atoms with Crippen LogP contribution in [0, 0.1) is 5.92 Å². The zero-order chi connectivity index (χ0) is 8.20. The summed E-state index contributed by atoms with van der Waals surface area (Å²) in [6, 6.07) is 0. The minimum absolute atomic E-state index is 0. The molecular formula is C6H13LiO3S. The van der Waals surface area contributed by atoms with Crippen LogP contribution in [0.3, 0.4) is 0 Å². The summed E-state index contributed by atoms with van der Waals surface area (Å²) in [6.45, 7) is 3.99. The predicted molar refractivity (Wildman–Crippen MR) is 38.6 cm³/mol. The van der Waals surface area contributed by atoms with Crippen molar-refractivity contribution in [3.05, 3.63) is 0 Å². The Kier molecular flexibility index (Phi) is 7.76. The van der Waals surface area contributed by atoms with Crippen LogP contribution in [-0.2, 0) is 10.1 Å². The topological polar surface area (TPSA) is 57.2 Å². The van der Waals surface area contributed by atoms with Gasteiger partial charge in [0.1, 0.15) is 0 Å². The minimum Gasteiger partial charge on any atom is -0.748 e. The van der Waals surface area contributed by atoms with Gasteiger partial charge in [-0.25, -0.2) is 8.42 Å². The molecule has 0 radical (unpaired) electrons. The fourth-order valence-electron chi connectivity index (χ4n) is 0.668. The fourth-order valence-corrected chi connectivity index (χ4v) is 1.19. The summed E-state index contributed by atoms with van der Waals surface area (Å²) in [6.07, 6.45) is 1.30. The van der Waals surface area contributed by atoms with Gasteiger partial charge in [-0.05, 0) is 12.3 Å². The Labute approximate surface area is 80.5 Å². The molecule has 0 heterocycles. The molecule has 3 nitrogen and oxygen atoms in total. The van der Waals surface area contributed by atoms with Crippen molar-refractivity contribution < 1.29 is 31.8 Å².